The van der Waals surface area contributed by atoms with Crippen LogP contribution in [0, 0.1) is 0 Å². The molecule has 2 aromatic carbocycles. The van der Waals surface area contributed by atoms with Crippen LogP contribution in [0.4, 0.5) is 5.69 Å². The molecule has 0 radical (unpaired) electrons. The van der Waals surface area contributed by atoms with Crippen molar-refractivity contribution in [1.29, 1.82) is 0 Å². The van der Waals surface area contributed by atoms with E-state index in [1.54, 1.807) is 18.0 Å². The Labute approximate surface area is 164 Å². The third kappa shape index (κ3) is 3.48. The summed E-state index contributed by atoms with van der Waals surface area (Å²) in [6, 6.07) is 11.0. The highest BCUT2D eigenvalue weighted by molar-refractivity contribution is 7.80. The van der Waals surface area contributed by atoms with Crippen molar-refractivity contribution in [3.05, 3.63) is 60.3 Å². The molecule has 0 saturated heterocycles. The van der Waals surface area contributed by atoms with E-state index in [0.717, 1.165) is 22.2 Å². The van der Waals surface area contributed by atoms with Crippen LogP contribution in [0.25, 0.3) is 16.6 Å². The van der Waals surface area contributed by atoms with Gasteiger partial charge in [0.1, 0.15) is 11.5 Å². The van der Waals surface area contributed by atoms with Gasteiger partial charge in [-0.3, -0.25) is 4.90 Å². The fourth-order valence-corrected chi connectivity index (χ4v) is 3.31. The van der Waals surface area contributed by atoms with Gasteiger partial charge in [0.15, 0.2) is 5.11 Å². The number of phenolic OH excluding ortho intramolecular Hbond substituents is 2. The topological polar surface area (TPSA) is 71.5 Å². The molecule has 0 amide bonds. The molecule has 4 N–H and O–H groups in total. The smallest absolute Gasteiger partial charge is 0.177 e. The van der Waals surface area contributed by atoms with E-state index in [1.165, 1.54) is 6.07 Å². The number of H-pyrrole nitrogens is 1. The minimum atomic E-state index is -0.0477. The number of nitrogens with zero attached hydrogens (tertiary/aromatic N) is 1. The number of aromatic hydroxyl groups is 2. The number of hydrogen-bond acceptors (Lipinski definition) is 3. The minimum Gasteiger partial charge on any atom is -0.508 e. The fraction of sp³-hybridized carbons (Fsp3) is 0.190. The van der Waals surface area contributed by atoms with Gasteiger partial charge < -0.3 is 20.5 Å². The van der Waals surface area contributed by atoms with Gasteiger partial charge in [-0.15, -0.1) is 0 Å². The molecule has 0 bridgehead atoms. The number of thiocarbonyl (C=S) groups is 1. The molecule has 0 aliphatic heterocycles. The Morgan fingerprint density at radius 2 is 1.89 bits per heavy atom. The van der Waals surface area contributed by atoms with Crippen LogP contribution in [0.5, 0.6) is 11.5 Å². The maximum Gasteiger partial charge on any atom is 0.177 e. The van der Waals surface area contributed by atoms with Gasteiger partial charge in [0, 0.05) is 41.5 Å². The molecule has 3 aromatic rings. The van der Waals surface area contributed by atoms with Crippen LogP contribution in [0.15, 0.2) is 49.2 Å². The molecule has 0 atom stereocenters. The van der Waals surface area contributed by atoms with Gasteiger partial charge in [-0.2, -0.15) is 0 Å². The van der Waals surface area contributed by atoms with Gasteiger partial charge in [-0.05, 0) is 54.0 Å². The summed E-state index contributed by atoms with van der Waals surface area (Å²) in [6.45, 7) is 8.14. The summed E-state index contributed by atoms with van der Waals surface area (Å²) >= 11 is 5.51. The van der Waals surface area contributed by atoms with E-state index in [0.29, 0.717) is 16.4 Å². The molecule has 0 fully saturated rings. The third-order valence-corrected chi connectivity index (χ3v) is 4.95. The second-order valence-electron chi connectivity index (χ2n) is 6.67. The van der Waals surface area contributed by atoms with Crippen molar-refractivity contribution in [2.45, 2.75) is 19.8 Å². The van der Waals surface area contributed by atoms with Gasteiger partial charge in [-0.1, -0.05) is 20.4 Å². The predicted octanol–water partition coefficient (Wildman–Crippen LogP) is 4.68. The first-order valence-electron chi connectivity index (χ1n) is 8.67. The van der Waals surface area contributed by atoms with Crippen LogP contribution in [0.1, 0.15) is 30.9 Å². The normalized spacial score (nSPS) is 11.0. The van der Waals surface area contributed by atoms with Crippen molar-refractivity contribution in [2.75, 3.05) is 11.9 Å². The highest BCUT2D eigenvalue weighted by Crippen LogP contribution is 2.38. The van der Waals surface area contributed by atoms with E-state index in [4.69, 9.17) is 12.2 Å². The summed E-state index contributed by atoms with van der Waals surface area (Å²) in [5.74, 6) is 0.113. The van der Waals surface area contributed by atoms with Crippen LogP contribution in [-0.4, -0.2) is 27.4 Å². The molecule has 1 aromatic heterocycles. The van der Waals surface area contributed by atoms with Crippen molar-refractivity contribution in [3.8, 4) is 11.5 Å². The summed E-state index contributed by atoms with van der Waals surface area (Å²) < 4.78 is 0. The lowest BCUT2D eigenvalue weighted by Gasteiger charge is -2.28. The number of fused-ring (bicyclic) bond motifs is 1. The van der Waals surface area contributed by atoms with Crippen LogP contribution >= 0.6 is 12.2 Å². The van der Waals surface area contributed by atoms with E-state index in [9.17, 15) is 10.2 Å². The number of benzene rings is 2. The van der Waals surface area contributed by atoms with Crippen molar-refractivity contribution in [3.63, 3.8) is 0 Å². The van der Waals surface area contributed by atoms with Crippen LogP contribution in [0.3, 0.4) is 0 Å². The molecule has 0 aliphatic carbocycles. The first-order chi connectivity index (χ1) is 12.8. The minimum absolute atomic E-state index is 0.0477. The number of aromatic nitrogens is 1. The zero-order valence-electron chi connectivity index (χ0n) is 15.6. The van der Waals surface area contributed by atoms with Crippen molar-refractivity contribution in [2.24, 2.45) is 0 Å². The molecule has 0 saturated carbocycles. The average molecular weight is 382 g/mol. The van der Waals surface area contributed by atoms with Crippen LogP contribution in [-0.2, 0) is 0 Å². The largest absolute Gasteiger partial charge is 0.508 e. The quantitative estimate of drug-likeness (QED) is 0.494. The van der Waals surface area contributed by atoms with E-state index < -0.39 is 0 Å². The standard InChI is InChI=1S/C21H23N3O2S/c1-12(2)16-10-17(20(26)11-19(16)25)13(3)24(21(27)22-4)15-5-6-18-14(9-15)7-8-23-18/h5-12,23,25-26H,3H2,1-2,4H3,(H,22,27). The Kier molecular flexibility index (Phi) is 5.10. The molecule has 3 rings (SSSR count). The molecule has 0 aliphatic rings. The lowest BCUT2D eigenvalue weighted by atomic mass is 9.97. The number of anilines is 1. The van der Waals surface area contributed by atoms with Crippen molar-refractivity contribution >= 4 is 39.6 Å². The molecule has 27 heavy (non-hydrogen) atoms. The highest BCUT2D eigenvalue weighted by Gasteiger charge is 2.21. The molecule has 5 nitrogen and oxygen atoms in total. The number of aromatic amines is 1. The summed E-state index contributed by atoms with van der Waals surface area (Å²) in [4.78, 5) is 4.94. The molecule has 0 spiro atoms. The predicted molar refractivity (Wildman–Crippen MR) is 115 cm³/mol. The van der Waals surface area contributed by atoms with Gasteiger partial charge in [-0.25, -0.2) is 0 Å². The first-order valence-corrected chi connectivity index (χ1v) is 9.08. The molecule has 1 heterocycles. The van der Waals surface area contributed by atoms with Crippen molar-refractivity contribution in [1.82, 2.24) is 10.3 Å². The summed E-state index contributed by atoms with van der Waals surface area (Å²) in [6.07, 6.45) is 1.88. The van der Waals surface area contributed by atoms with E-state index in [2.05, 4.69) is 16.9 Å². The maximum absolute atomic E-state index is 10.4. The average Bonchev–Trinajstić information content (AvgIpc) is 3.09. The molecular formula is C21H23N3O2S. The Bertz CT molecular complexity index is 1020. The van der Waals surface area contributed by atoms with Gasteiger partial charge in [0.25, 0.3) is 0 Å². The highest BCUT2D eigenvalue weighted by atomic mass is 32.1. The number of phenols is 2. The van der Waals surface area contributed by atoms with E-state index >= 15 is 0 Å². The second kappa shape index (κ2) is 7.32. The SMILES string of the molecule is C=C(c1cc(C(C)C)c(O)cc1O)N(C(=S)NC)c1ccc2[nH]ccc2c1. The van der Waals surface area contributed by atoms with Crippen LogP contribution < -0.4 is 10.2 Å². The lowest BCUT2D eigenvalue weighted by Crippen LogP contribution is -2.36. The second-order valence-corrected chi connectivity index (χ2v) is 7.06. The monoisotopic (exact) mass is 381 g/mol. The van der Waals surface area contributed by atoms with E-state index in [-0.39, 0.29) is 17.4 Å². The molecule has 0 unspecified atom stereocenters. The Balaban J connectivity index is 2.12. The molecule has 6 heteroatoms. The molecule has 140 valence electrons. The summed E-state index contributed by atoms with van der Waals surface area (Å²) in [5.41, 5.74) is 3.62. The Morgan fingerprint density at radius 3 is 2.56 bits per heavy atom. The van der Waals surface area contributed by atoms with Crippen molar-refractivity contribution < 1.29 is 10.2 Å². The number of hydrogen-bond donors (Lipinski definition) is 4. The van der Waals surface area contributed by atoms with Gasteiger partial charge in [0.2, 0.25) is 0 Å². The van der Waals surface area contributed by atoms with Gasteiger partial charge in [0.05, 0.1) is 5.70 Å². The van der Waals surface area contributed by atoms with Gasteiger partial charge >= 0.3 is 0 Å². The maximum atomic E-state index is 10.4. The number of rotatable bonds is 4. The zero-order valence-corrected chi connectivity index (χ0v) is 16.4. The summed E-state index contributed by atoms with van der Waals surface area (Å²) in [5, 5.41) is 25.0. The van der Waals surface area contributed by atoms with E-state index in [1.807, 2.05) is 44.3 Å². The third-order valence-electron chi connectivity index (χ3n) is 4.56. The first kappa shape index (κ1) is 18.8. The van der Waals surface area contributed by atoms with Crippen LogP contribution in [0.2, 0.25) is 0 Å². The summed E-state index contributed by atoms with van der Waals surface area (Å²) in [7, 11) is 1.74. The molecular weight excluding hydrogens is 358 g/mol. The Morgan fingerprint density at radius 1 is 1.15 bits per heavy atom. The Hall–Kier alpha value is -2.99. The number of nitrogens with one attached hydrogen (secondary N) is 2. The lowest BCUT2D eigenvalue weighted by molar-refractivity contribution is 0.443. The fourth-order valence-electron chi connectivity index (χ4n) is 3.10. The zero-order chi connectivity index (χ0) is 19.7.